The van der Waals surface area contributed by atoms with E-state index in [4.69, 9.17) is 4.74 Å². The number of nitrogens with one attached hydrogen (secondary N) is 1. The molecular formula is C17H25N3O4. The van der Waals surface area contributed by atoms with Crippen LogP contribution < -0.4 is 10.1 Å². The van der Waals surface area contributed by atoms with E-state index >= 15 is 0 Å². The molecule has 7 nitrogen and oxygen atoms in total. The van der Waals surface area contributed by atoms with Gasteiger partial charge in [-0.15, -0.1) is 0 Å². The van der Waals surface area contributed by atoms with Crippen molar-refractivity contribution in [2.24, 2.45) is 5.92 Å². The Bertz CT molecular complexity index is 568. The van der Waals surface area contributed by atoms with Crippen molar-refractivity contribution in [2.75, 3.05) is 21.2 Å². The van der Waals surface area contributed by atoms with Crippen LogP contribution in [-0.2, 0) is 9.59 Å². The van der Waals surface area contributed by atoms with Crippen molar-refractivity contribution >= 4 is 11.8 Å². The summed E-state index contributed by atoms with van der Waals surface area (Å²) in [6, 6.07) is 3.40. The molecule has 1 aromatic rings. The third-order valence-corrected chi connectivity index (χ3v) is 4.33. The minimum atomic E-state index is -0.309. The molecule has 2 amide bonds. The van der Waals surface area contributed by atoms with Gasteiger partial charge in [0.05, 0.1) is 19.3 Å². The van der Waals surface area contributed by atoms with Crippen LogP contribution in [0.15, 0.2) is 18.3 Å². The molecule has 132 valence electrons. The predicted molar refractivity (Wildman–Crippen MR) is 88.3 cm³/mol. The molecule has 2 N–H and O–H groups in total. The van der Waals surface area contributed by atoms with Gasteiger partial charge in [0.1, 0.15) is 0 Å². The number of hydrogen-bond donors (Lipinski definition) is 2. The molecule has 1 aliphatic rings. The highest BCUT2D eigenvalue weighted by Gasteiger charge is 2.35. The largest absolute Gasteiger partial charge is 0.481 e. The average molecular weight is 335 g/mol. The van der Waals surface area contributed by atoms with Gasteiger partial charge in [0.15, 0.2) is 0 Å². The van der Waals surface area contributed by atoms with Crippen LogP contribution in [0.25, 0.3) is 0 Å². The van der Waals surface area contributed by atoms with Crippen molar-refractivity contribution < 1.29 is 19.4 Å². The summed E-state index contributed by atoms with van der Waals surface area (Å²) in [5.41, 5.74) is 0.875. The Morgan fingerprint density at radius 1 is 1.38 bits per heavy atom. The average Bonchev–Trinajstić information content (AvgIpc) is 2.55. The summed E-state index contributed by atoms with van der Waals surface area (Å²) >= 11 is 0. The lowest BCUT2D eigenvalue weighted by Crippen LogP contribution is -2.41. The lowest BCUT2D eigenvalue weighted by Gasteiger charge is -2.38. The molecule has 0 spiro atoms. The molecule has 1 aliphatic carbocycles. The molecule has 0 aliphatic heterocycles. The number of carbonyl (C=O) groups is 2. The number of amides is 2. The van der Waals surface area contributed by atoms with Gasteiger partial charge in [-0.1, -0.05) is 6.07 Å². The van der Waals surface area contributed by atoms with E-state index in [1.165, 1.54) is 4.90 Å². The lowest BCUT2D eigenvalue weighted by atomic mass is 9.75. The monoisotopic (exact) mass is 335 g/mol. The number of nitrogens with zero attached hydrogens (tertiary/aromatic N) is 2. The Kier molecular flexibility index (Phi) is 6.14. The van der Waals surface area contributed by atoms with Crippen molar-refractivity contribution in [3.63, 3.8) is 0 Å². The smallest absolute Gasteiger partial charge is 0.222 e. The Balaban J connectivity index is 2.00. The molecule has 0 aromatic carbocycles. The zero-order valence-electron chi connectivity index (χ0n) is 14.4. The second kappa shape index (κ2) is 8.10. The summed E-state index contributed by atoms with van der Waals surface area (Å²) in [5.74, 6) is 0.428. The minimum absolute atomic E-state index is 0.0770. The molecule has 1 fully saturated rings. The van der Waals surface area contributed by atoms with Crippen molar-refractivity contribution in [3.8, 4) is 5.88 Å². The molecule has 1 atom stereocenters. The number of pyridine rings is 1. The highest BCUT2D eigenvalue weighted by atomic mass is 16.5. The van der Waals surface area contributed by atoms with Crippen LogP contribution in [0, 0.1) is 5.92 Å². The minimum Gasteiger partial charge on any atom is -0.481 e. The highest BCUT2D eigenvalue weighted by Crippen LogP contribution is 2.38. The van der Waals surface area contributed by atoms with E-state index < -0.39 is 0 Å². The highest BCUT2D eigenvalue weighted by molar-refractivity contribution is 5.83. The van der Waals surface area contributed by atoms with E-state index in [9.17, 15) is 14.7 Å². The molecule has 24 heavy (non-hydrogen) atoms. The third kappa shape index (κ3) is 4.67. The fourth-order valence-electron chi connectivity index (χ4n) is 2.76. The number of aliphatic hydroxyl groups excluding tert-OH is 1. The van der Waals surface area contributed by atoms with Gasteiger partial charge in [0, 0.05) is 39.2 Å². The Hall–Kier alpha value is -2.15. The summed E-state index contributed by atoms with van der Waals surface area (Å²) < 4.78 is 5.05. The third-order valence-electron chi connectivity index (χ3n) is 4.33. The first-order chi connectivity index (χ1) is 11.4. The van der Waals surface area contributed by atoms with E-state index in [-0.39, 0.29) is 42.7 Å². The number of ether oxygens (including phenoxy) is 1. The standard InChI is InChI=1S/C17H25N3O4/c1-20(2)16(23)7-5-14(22)19-17(12-8-13(21)9-12)11-4-6-15(24-3)18-10-11/h4,6,10,12-13,17,21H,5,7-9H2,1-3H3,(H,19,22)/t12?,13?,17-/m1/s1. The molecule has 2 rings (SSSR count). The van der Waals surface area contributed by atoms with Gasteiger partial charge in [0.25, 0.3) is 0 Å². The summed E-state index contributed by atoms with van der Waals surface area (Å²) in [6.45, 7) is 0. The van der Waals surface area contributed by atoms with Gasteiger partial charge < -0.3 is 20.1 Å². The first kappa shape index (κ1) is 18.2. The number of hydrogen-bond acceptors (Lipinski definition) is 5. The van der Waals surface area contributed by atoms with Crippen LogP contribution in [0.5, 0.6) is 5.88 Å². The van der Waals surface area contributed by atoms with Crippen molar-refractivity contribution in [2.45, 2.75) is 37.8 Å². The quantitative estimate of drug-likeness (QED) is 0.772. The summed E-state index contributed by atoms with van der Waals surface area (Å²) in [5, 5.41) is 12.6. The molecule has 0 saturated heterocycles. The Morgan fingerprint density at radius 2 is 2.08 bits per heavy atom. The predicted octanol–water partition coefficient (Wildman–Crippen LogP) is 0.887. The van der Waals surface area contributed by atoms with Crippen LogP contribution in [0.3, 0.4) is 0 Å². The number of aliphatic hydroxyl groups is 1. The number of aromatic nitrogens is 1. The zero-order valence-corrected chi connectivity index (χ0v) is 14.4. The molecule has 1 aromatic heterocycles. The molecule has 0 bridgehead atoms. The number of rotatable bonds is 7. The Labute approximate surface area is 142 Å². The van der Waals surface area contributed by atoms with E-state index in [0.29, 0.717) is 18.7 Å². The molecule has 1 heterocycles. The first-order valence-corrected chi connectivity index (χ1v) is 8.08. The summed E-state index contributed by atoms with van der Waals surface area (Å²) in [7, 11) is 4.88. The van der Waals surface area contributed by atoms with E-state index in [2.05, 4.69) is 10.3 Å². The van der Waals surface area contributed by atoms with Crippen molar-refractivity contribution in [1.82, 2.24) is 15.2 Å². The molecule has 0 unspecified atom stereocenters. The summed E-state index contributed by atoms with van der Waals surface area (Å²) in [6.07, 6.45) is 2.99. The van der Waals surface area contributed by atoms with Crippen molar-refractivity contribution in [3.05, 3.63) is 23.9 Å². The molecule has 0 radical (unpaired) electrons. The van der Waals surface area contributed by atoms with Gasteiger partial charge in [-0.2, -0.15) is 0 Å². The molecular weight excluding hydrogens is 310 g/mol. The maximum Gasteiger partial charge on any atom is 0.222 e. The van der Waals surface area contributed by atoms with E-state index in [1.54, 1.807) is 33.5 Å². The zero-order chi connectivity index (χ0) is 17.7. The number of carbonyl (C=O) groups excluding carboxylic acids is 2. The van der Waals surface area contributed by atoms with Crippen molar-refractivity contribution in [1.29, 1.82) is 0 Å². The number of methoxy groups -OCH3 is 1. The topological polar surface area (TPSA) is 91.8 Å². The first-order valence-electron chi connectivity index (χ1n) is 8.08. The second-order valence-electron chi connectivity index (χ2n) is 6.35. The van der Waals surface area contributed by atoms with E-state index in [0.717, 1.165) is 5.56 Å². The van der Waals surface area contributed by atoms with Gasteiger partial charge in [-0.25, -0.2) is 4.98 Å². The van der Waals surface area contributed by atoms with Crippen LogP contribution >= 0.6 is 0 Å². The second-order valence-corrected chi connectivity index (χ2v) is 6.35. The van der Waals surface area contributed by atoms with Crippen LogP contribution in [0.4, 0.5) is 0 Å². The maximum atomic E-state index is 12.2. The van der Waals surface area contributed by atoms with Crippen LogP contribution in [0.1, 0.15) is 37.3 Å². The summed E-state index contributed by atoms with van der Waals surface area (Å²) in [4.78, 5) is 29.5. The normalized spacial score (nSPS) is 20.7. The van der Waals surface area contributed by atoms with Crippen LogP contribution in [-0.4, -0.2) is 54.1 Å². The van der Waals surface area contributed by atoms with Gasteiger partial charge in [-0.3, -0.25) is 9.59 Å². The fraction of sp³-hybridized carbons (Fsp3) is 0.588. The van der Waals surface area contributed by atoms with E-state index in [1.807, 2.05) is 6.07 Å². The van der Waals surface area contributed by atoms with Gasteiger partial charge in [0.2, 0.25) is 17.7 Å². The lowest BCUT2D eigenvalue weighted by molar-refractivity contribution is -0.132. The van der Waals surface area contributed by atoms with Gasteiger partial charge >= 0.3 is 0 Å². The Morgan fingerprint density at radius 3 is 2.58 bits per heavy atom. The SMILES string of the molecule is COc1ccc([C@@H](NC(=O)CCC(=O)N(C)C)C2CC(O)C2)cn1. The van der Waals surface area contributed by atoms with Crippen LogP contribution in [0.2, 0.25) is 0 Å². The molecule has 1 saturated carbocycles. The molecule has 7 heteroatoms. The fourth-order valence-corrected chi connectivity index (χ4v) is 2.76. The van der Waals surface area contributed by atoms with Gasteiger partial charge in [-0.05, 0) is 24.3 Å². The maximum absolute atomic E-state index is 12.2.